The molecule has 26 heavy (non-hydrogen) atoms. The maximum Gasteiger partial charge on any atom is 0.215 e. The minimum Gasteiger partial charge on any atom is -0.299 e. The van der Waals surface area contributed by atoms with Crippen LogP contribution in [0.25, 0.3) is 0 Å². The Balaban J connectivity index is 1.51. The van der Waals surface area contributed by atoms with Crippen LogP contribution in [0.5, 0.6) is 0 Å². The van der Waals surface area contributed by atoms with Crippen LogP contribution < -0.4 is 4.72 Å². The first-order valence-electron chi connectivity index (χ1n) is 9.14. The lowest BCUT2D eigenvalue weighted by atomic mass is 9.98. The Labute approximate surface area is 156 Å². The van der Waals surface area contributed by atoms with Gasteiger partial charge in [0.2, 0.25) is 10.0 Å². The molecule has 6 nitrogen and oxygen atoms in total. The zero-order valence-corrected chi connectivity index (χ0v) is 16.4. The summed E-state index contributed by atoms with van der Waals surface area (Å²) in [5, 5.41) is 4.31. The summed E-state index contributed by atoms with van der Waals surface area (Å²) < 4.78 is 29.4. The highest BCUT2D eigenvalue weighted by atomic mass is 32.2. The summed E-state index contributed by atoms with van der Waals surface area (Å²) in [5.74, 6) is 0.394. The number of likely N-dealkylation sites (tertiary alicyclic amines) is 1. The quantitative estimate of drug-likeness (QED) is 0.803. The van der Waals surface area contributed by atoms with Crippen LogP contribution in [0.3, 0.4) is 0 Å². The van der Waals surface area contributed by atoms with Crippen molar-refractivity contribution in [2.24, 2.45) is 13.0 Å². The van der Waals surface area contributed by atoms with Crippen LogP contribution in [0.1, 0.15) is 29.7 Å². The molecule has 3 rings (SSSR count). The van der Waals surface area contributed by atoms with E-state index < -0.39 is 10.0 Å². The first-order chi connectivity index (χ1) is 12.4. The van der Waals surface area contributed by atoms with Gasteiger partial charge in [0, 0.05) is 37.9 Å². The van der Waals surface area contributed by atoms with Crippen LogP contribution >= 0.6 is 0 Å². The van der Waals surface area contributed by atoms with E-state index in [4.69, 9.17) is 0 Å². The summed E-state index contributed by atoms with van der Waals surface area (Å²) in [7, 11) is -1.34. The Morgan fingerprint density at radius 2 is 2.04 bits per heavy atom. The predicted octanol–water partition coefficient (Wildman–Crippen LogP) is 2.06. The standard InChI is InChI=1S/C19H28N4O2S/c1-16-19(12-20-22(16)2)14-23-10-6-9-18(13-23)11-21-26(24,25)15-17-7-4-3-5-8-17/h3-5,7-8,12,18,21H,6,9-11,13-15H2,1-2H3. The van der Waals surface area contributed by atoms with Gasteiger partial charge >= 0.3 is 0 Å². The smallest absolute Gasteiger partial charge is 0.215 e. The summed E-state index contributed by atoms with van der Waals surface area (Å²) in [5.41, 5.74) is 3.26. The maximum absolute atomic E-state index is 12.3. The number of nitrogens with one attached hydrogen (secondary N) is 1. The second kappa shape index (κ2) is 8.33. The highest BCUT2D eigenvalue weighted by Gasteiger charge is 2.22. The normalized spacial score (nSPS) is 18.9. The van der Waals surface area contributed by atoms with Gasteiger partial charge in [-0.05, 0) is 37.8 Å². The van der Waals surface area contributed by atoms with Crippen molar-refractivity contribution < 1.29 is 8.42 Å². The maximum atomic E-state index is 12.3. The number of rotatable bonds is 7. The molecule has 1 unspecified atom stereocenters. The van der Waals surface area contributed by atoms with Gasteiger partial charge in [-0.25, -0.2) is 13.1 Å². The molecule has 1 aromatic carbocycles. The molecule has 1 atom stereocenters. The molecule has 7 heteroatoms. The average Bonchev–Trinajstić information content (AvgIpc) is 2.93. The zero-order chi connectivity index (χ0) is 18.6. The monoisotopic (exact) mass is 376 g/mol. The van der Waals surface area contributed by atoms with Crippen LogP contribution in [0.4, 0.5) is 0 Å². The fourth-order valence-corrected chi connectivity index (χ4v) is 4.71. The van der Waals surface area contributed by atoms with Gasteiger partial charge in [0.25, 0.3) is 0 Å². The molecular formula is C19H28N4O2S. The van der Waals surface area contributed by atoms with E-state index in [0.717, 1.165) is 38.0 Å². The molecule has 0 amide bonds. The third kappa shape index (κ3) is 5.16. The minimum absolute atomic E-state index is 0.0408. The van der Waals surface area contributed by atoms with Crippen molar-refractivity contribution >= 4 is 10.0 Å². The van der Waals surface area contributed by atoms with E-state index in [1.807, 2.05) is 48.3 Å². The lowest BCUT2D eigenvalue weighted by Gasteiger charge is -2.32. The number of benzene rings is 1. The number of sulfonamides is 1. The van der Waals surface area contributed by atoms with Crippen molar-refractivity contribution in [3.63, 3.8) is 0 Å². The van der Waals surface area contributed by atoms with Gasteiger partial charge in [-0.2, -0.15) is 5.10 Å². The first kappa shape index (κ1) is 19.1. The molecule has 1 N–H and O–H groups in total. The van der Waals surface area contributed by atoms with Crippen molar-refractivity contribution in [3.8, 4) is 0 Å². The SMILES string of the molecule is Cc1c(CN2CCCC(CNS(=O)(=O)Cc3ccccc3)C2)cnn1C. The van der Waals surface area contributed by atoms with Gasteiger partial charge in [0.1, 0.15) is 0 Å². The molecule has 142 valence electrons. The Morgan fingerprint density at radius 1 is 1.27 bits per heavy atom. The van der Waals surface area contributed by atoms with Crippen molar-refractivity contribution in [2.45, 2.75) is 32.1 Å². The third-order valence-electron chi connectivity index (χ3n) is 5.13. The number of hydrogen-bond donors (Lipinski definition) is 1. The Bertz CT molecular complexity index is 817. The molecule has 0 bridgehead atoms. The van der Waals surface area contributed by atoms with Gasteiger partial charge in [-0.3, -0.25) is 9.58 Å². The van der Waals surface area contributed by atoms with Crippen molar-refractivity contribution in [3.05, 3.63) is 53.3 Å². The average molecular weight is 377 g/mol. The summed E-state index contributed by atoms with van der Waals surface area (Å²) in [6.07, 6.45) is 4.10. The van der Waals surface area contributed by atoms with Crippen LogP contribution in [0.2, 0.25) is 0 Å². The van der Waals surface area contributed by atoms with Crippen LogP contribution in [-0.2, 0) is 29.4 Å². The summed E-state index contributed by atoms with van der Waals surface area (Å²) in [6.45, 7) is 5.45. The van der Waals surface area contributed by atoms with E-state index in [2.05, 4.69) is 21.6 Å². The van der Waals surface area contributed by atoms with Crippen molar-refractivity contribution in [1.29, 1.82) is 0 Å². The van der Waals surface area contributed by atoms with Gasteiger partial charge in [0.05, 0.1) is 11.9 Å². The highest BCUT2D eigenvalue weighted by molar-refractivity contribution is 7.88. The number of aryl methyl sites for hydroxylation is 1. The Hall–Kier alpha value is -1.70. The van der Waals surface area contributed by atoms with Gasteiger partial charge < -0.3 is 0 Å². The van der Waals surface area contributed by atoms with Gasteiger partial charge in [-0.15, -0.1) is 0 Å². The van der Waals surface area contributed by atoms with Crippen LogP contribution in [-0.4, -0.2) is 42.7 Å². The first-order valence-corrected chi connectivity index (χ1v) is 10.8. The molecule has 1 fully saturated rings. The predicted molar refractivity (Wildman–Crippen MR) is 103 cm³/mol. The lowest BCUT2D eigenvalue weighted by Crippen LogP contribution is -2.40. The van der Waals surface area contributed by atoms with Crippen LogP contribution in [0, 0.1) is 12.8 Å². The van der Waals surface area contributed by atoms with Gasteiger partial charge in [0.15, 0.2) is 0 Å². The Morgan fingerprint density at radius 3 is 2.73 bits per heavy atom. The lowest BCUT2D eigenvalue weighted by molar-refractivity contribution is 0.168. The number of hydrogen-bond acceptors (Lipinski definition) is 4. The molecule has 1 saturated heterocycles. The van der Waals surface area contributed by atoms with Crippen molar-refractivity contribution in [1.82, 2.24) is 19.4 Å². The molecule has 2 heterocycles. The Kier molecular flexibility index (Phi) is 6.11. The summed E-state index contributed by atoms with van der Waals surface area (Å²) >= 11 is 0. The largest absolute Gasteiger partial charge is 0.299 e. The van der Waals surface area contributed by atoms with E-state index in [1.165, 1.54) is 11.3 Å². The molecule has 0 spiro atoms. The number of piperidine rings is 1. The van der Waals surface area contributed by atoms with E-state index in [1.54, 1.807) is 0 Å². The molecule has 1 aromatic heterocycles. The number of aromatic nitrogens is 2. The fraction of sp³-hybridized carbons (Fsp3) is 0.526. The second-order valence-corrected chi connectivity index (χ2v) is 9.02. The minimum atomic E-state index is -3.30. The molecule has 1 aliphatic rings. The summed E-state index contributed by atoms with van der Waals surface area (Å²) in [4.78, 5) is 2.41. The van der Waals surface area contributed by atoms with Crippen molar-refractivity contribution in [2.75, 3.05) is 19.6 Å². The topological polar surface area (TPSA) is 67.2 Å². The fourth-order valence-electron chi connectivity index (χ4n) is 3.49. The molecular weight excluding hydrogens is 348 g/mol. The molecule has 0 radical (unpaired) electrons. The van der Waals surface area contributed by atoms with E-state index in [-0.39, 0.29) is 5.75 Å². The third-order valence-corrected chi connectivity index (χ3v) is 6.45. The highest BCUT2D eigenvalue weighted by Crippen LogP contribution is 2.19. The molecule has 0 saturated carbocycles. The molecule has 1 aliphatic heterocycles. The zero-order valence-electron chi connectivity index (χ0n) is 15.6. The van der Waals surface area contributed by atoms with E-state index >= 15 is 0 Å². The second-order valence-electron chi connectivity index (χ2n) is 7.22. The number of nitrogens with zero attached hydrogens (tertiary/aromatic N) is 3. The van der Waals surface area contributed by atoms with E-state index in [9.17, 15) is 8.42 Å². The molecule has 2 aromatic rings. The summed E-state index contributed by atoms with van der Waals surface area (Å²) in [6, 6.07) is 9.31. The van der Waals surface area contributed by atoms with Gasteiger partial charge in [-0.1, -0.05) is 30.3 Å². The van der Waals surface area contributed by atoms with E-state index in [0.29, 0.717) is 12.5 Å². The van der Waals surface area contributed by atoms with Crippen LogP contribution in [0.15, 0.2) is 36.5 Å². The molecule has 0 aliphatic carbocycles.